The van der Waals surface area contributed by atoms with Gasteiger partial charge in [0.05, 0.1) is 24.2 Å². The van der Waals surface area contributed by atoms with Crippen LogP contribution in [0.15, 0.2) is 30.7 Å². The summed E-state index contributed by atoms with van der Waals surface area (Å²) in [6, 6.07) is 3.62. The molecule has 1 amide bonds. The van der Waals surface area contributed by atoms with Gasteiger partial charge in [-0.05, 0) is 43.4 Å². The van der Waals surface area contributed by atoms with E-state index in [4.69, 9.17) is 4.74 Å². The average Bonchev–Trinajstić information content (AvgIpc) is 3.46. The molecule has 0 aliphatic heterocycles. The van der Waals surface area contributed by atoms with Gasteiger partial charge in [-0.15, -0.1) is 0 Å². The number of carbonyl (C=O) groups is 1. The van der Waals surface area contributed by atoms with Crippen molar-refractivity contribution < 1.29 is 22.7 Å². The molecule has 0 bridgehead atoms. The minimum absolute atomic E-state index is 0.0441. The normalized spacial score (nSPS) is 14.1. The van der Waals surface area contributed by atoms with Gasteiger partial charge in [-0.25, -0.2) is 4.98 Å². The van der Waals surface area contributed by atoms with Crippen molar-refractivity contribution >= 4 is 16.8 Å². The molecule has 164 valence electrons. The summed E-state index contributed by atoms with van der Waals surface area (Å²) >= 11 is 0. The largest absolute Gasteiger partial charge is 0.468 e. The van der Waals surface area contributed by atoms with E-state index in [0.717, 1.165) is 29.3 Å². The Bertz CT molecular complexity index is 1090. The summed E-state index contributed by atoms with van der Waals surface area (Å²) in [4.78, 5) is 20.4. The molecule has 1 saturated carbocycles. The van der Waals surface area contributed by atoms with Crippen LogP contribution in [0.1, 0.15) is 42.5 Å². The molecule has 1 N–H and O–H groups in total. The molecule has 0 spiro atoms. The van der Waals surface area contributed by atoms with Crippen LogP contribution in [0.4, 0.5) is 13.2 Å². The number of amides is 1. The number of ether oxygens (including phenoxy) is 1. The van der Waals surface area contributed by atoms with Crippen molar-refractivity contribution in [3.8, 4) is 5.88 Å². The number of nitrogens with one attached hydrogen (secondary N) is 1. The molecule has 0 aromatic carbocycles. The van der Waals surface area contributed by atoms with Crippen LogP contribution in [0.25, 0.3) is 10.9 Å². The molecule has 3 aromatic rings. The van der Waals surface area contributed by atoms with Gasteiger partial charge in [0, 0.05) is 36.1 Å². The first-order valence-corrected chi connectivity index (χ1v) is 10.1. The molecule has 1 fully saturated rings. The Hall–Kier alpha value is -3.17. The second-order valence-corrected chi connectivity index (χ2v) is 7.56. The van der Waals surface area contributed by atoms with E-state index in [1.165, 1.54) is 6.20 Å². The standard InChI is InChI=1S/C21H22F3N5O2/c1-2-25-19(30)8-18-16-11-29(28-17(16)5-6-26-18)10-13-7-15(14-3-4-14)20(27-9-13)31-12-21(22,23)24/h5-7,9,11,14H,2-4,8,10,12H2,1H3,(H,25,30). The molecule has 0 radical (unpaired) electrons. The summed E-state index contributed by atoms with van der Waals surface area (Å²) in [7, 11) is 0. The lowest BCUT2D eigenvalue weighted by Crippen LogP contribution is -2.24. The molecule has 4 rings (SSSR count). The smallest absolute Gasteiger partial charge is 0.422 e. The van der Waals surface area contributed by atoms with Gasteiger partial charge >= 0.3 is 6.18 Å². The van der Waals surface area contributed by atoms with Crippen LogP contribution in [0, 0.1) is 0 Å². The highest BCUT2D eigenvalue weighted by Crippen LogP contribution is 2.44. The summed E-state index contributed by atoms with van der Waals surface area (Å²) in [6.45, 7) is 1.44. The summed E-state index contributed by atoms with van der Waals surface area (Å²) in [5, 5.41) is 8.08. The van der Waals surface area contributed by atoms with E-state index < -0.39 is 12.8 Å². The molecule has 10 heteroatoms. The van der Waals surface area contributed by atoms with Crippen molar-refractivity contribution in [2.45, 2.75) is 44.8 Å². The Morgan fingerprint density at radius 2 is 2.13 bits per heavy atom. The molecule has 3 aromatic heterocycles. The molecule has 7 nitrogen and oxygen atoms in total. The van der Waals surface area contributed by atoms with E-state index in [1.54, 1.807) is 16.9 Å². The minimum Gasteiger partial charge on any atom is -0.468 e. The zero-order valence-corrected chi connectivity index (χ0v) is 16.9. The fraction of sp³-hybridized carbons (Fsp3) is 0.429. The first-order chi connectivity index (χ1) is 14.8. The van der Waals surface area contributed by atoms with Gasteiger partial charge in [0.15, 0.2) is 6.61 Å². The van der Waals surface area contributed by atoms with E-state index in [9.17, 15) is 18.0 Å². The highest BCUT2D eigenvalue weighted by atomic mass is 19.4. The van der Waals surface area contributed by atoms with E-state index in [0.29, 0.717) is 24.3 Å². The first kappa shape index (κ1) is 21.1. The fourth-order valence-corrected chi connectivity index (χ4v) is 3.43. The Morgan fingerprint density at radius 1 is 1.32 bits per heavy atom. The summed E-state index contributed by atoms with van der Waals surface area (Å²) in [5.41, 5.74) is 2.88. The Kier molecular flexibility index (Phi) is 5.79. The van der Waals surface area contributed by atoms with Crippen LogP contribution >= 0.6 is 0 Å². The highest BCUT2D eigenvalue weighted by molar-refractivity contribution is 5.86. The maximum atomic E-state index is 12.5. The van der Waals surface area contributed by atoms with Crippen LogP contribution < -0.4 is 10.1 Å². The molecule has 1 aliphatic rings. The average molecular weight is 433 g/mol. The monoisotopic (exact) mass is 433 g/mol. The molecule has 1 aliphatic carbocycles. The Morgan fingerprint density at radius 3 is 2.84 bits per heavy atom. The summed E-state index contributed by atoms with van der Waals surface area (Å²) < 4.78 is 44.2. The molecule has 0 saturated heterocycles. The van der Waals surface area contributed by atoms with Crippen LogP contribution in [0.3, 0.4) is 0 Å². The van der Waals surface area contributed by atoms with Gasteiger partial charge in [-0.2, -0.15) is 18.3 Å². The second kappa shape index (κ2) is 8.52. The van der Waals surface area contributed by atoms with Gasteiger partial charge in [-0.1, -0.05) is 0 Å². The van der Waals surface area contributed by atoms with Crippen LogP contribution in [-0.2, 0) is 17.8 Å². The molecule has 0 unspecified atom stereocenters. The van der Waals surface area contributed by atoms with E-state index in [-0.39, 0.29) is 24.1 Å². The molecule has 3 heterocycles. The van der Waals surface area contributed by atoms with Crippen LogP contribution in [0.5, 0.6) is 5.88 Å². The maximum Gasteiger partial charge on any atom is 0.422 e. The van der Waals surface area contributed by atoms with Gasteiger partial charge < -0.3 is 10.1 Å². The molecular weight excluding hydrogens is 411 g/mol. The lowest BCUT2D eigenvalue weighted by Gasteiger charge is -2.13. The number of likely N-dealkylation sites (N-methyl/N-ethyl adjacent to an activating group) is 1. The predicted molar refractivity (Wildman–Crippen MR) is 107 cm³/mol. The zero-order valence-electron chi connectivity index (χ0n) is 16.9. The van der Waals surface area contributed by atoms with Crippen LogP contribution in [0.2, 0.25) is 0 Å². The van der Waals surface area contributed by atoms with Crippen molar-refractivity contribution in [2.24, 2.45) is 0 Å². The predicted octanol–water partition coefficient (Wildman–Crippen LogP) is 3.37. The summed E-state index contributed by atoms with van der Waals surface area (Å²) in [6.07, 6.45) is 2.53. The number of alkyl halides is 3. The Balaban J connectivity index is 1.55. The van der Waals surface area contributed by atoms with E-state index in [1.807, 2.05) is 19.2 Å². The van der Waals surface area contributed by atoms with E-state index in [2.05, 4.69) is 20.4 Å². The number of halogens is 3. The number of pyridine rings is 2. The van der Waals surface area contributed by atoms with Crippen molar-refractivity contribution in [3.63, 3.8) is 0 Å². The van der Waals surface area contributed by atoms with Crippen molar-refractivity contribution in [2.75, 3.05) is 13.2 Å². The number of rotatable bonds is 8. The second-order valence-electron chi connectivity index (χ2n) is 7.56. The quantitative estimate of drug-likeness (QED) is 0.589. The number of carbonyl (C=O) groups excluding carboxylic acids is 1. The molecular formula is C21H22F3N5O2. The Labute approximate surface area is 176 Å². The van der Waals surface area contributed by atoms with Gasteiger partial charge in [0.1, 0.15) is 0 Å². The number of hydrogen-bond donors (Lipinski definition) is 1. The number of fused-ring (bicyclic) bond motifs is 1. The topological polar surface area (TPSA) is 81.9 Å². The fourth-order valence-electron chi connectivity index (χ4n) is 3.43. The zero-order chi connectivity index (χ0) is 22.0. The van der Waals surface area contributed by atoms with Gasteiger partial charge in [-0.3, -0.25) is 14.5 Å². The van der Waals surface area contributed by atoms with E-state index >= 15 is 0 Å². The third kappa shape index (κ3) is 5.31. The van der Waals surface area contributed by atoms with Crippen LogP contribution in [-0.4, -0.2) is 45.0 Å². The first-order valence-electron chi connectivity index (χ1n) is 10.1. The van der Waals surface area contributed by atoms with Crippen molar-refractivity contribution in [1.29, 1.82) is 0 Å². The number of nitrogens with zero attached hydrogens (tertiary/aromatic N) is 4. The lowest BCUT2D eigenvalue weighted by atomic mass is 10.1. The number of aromatic nitrogens is 4. The van der Waals surface area contributed by atoms with Crippen molar-refractivity contribution in [3.05, 3.63) is 47.5 Å². The molecule has 0 atom stereocenters. The summed E-state index contributed by atoms with van der Waals surface area (Å²) in [5.74, 6) is 0.117. The maximum absolute atomic E-state index is 12.5. The van der Waals surface area contributed by atoms with Gasteiger partial charge in [0.25, 0.3) is 0 Å². The SMILES string of the molecule is CCNC(=O)Cc1nccc2nn(Cc3cnc(OCC(F)(F)F)c(C4CC4)c3)cc12. The number of hydrogen-bond acceptors (Lipinski definition) is 5. The lowest BCUT2D eigenvalue weighted by molar-refractivity contribution is -0.154. The minimum atomic E-state index is -4.41. The third-order valence-corrected chi connectivity index (χ3v) is 4.94. The molecule has 31 heavy (non-hydrogen) atoms. The van der Waals surface area contributed by atoms with Gasteiger partial charge in [0.2, 0.25) is 11.8 Å². The van der Waals surface area contributed by atoms with Crippen molar-refractivity contribution in [1.82, 2.24) is 25.1 Å². The highest BCUT2D eigenvalue weighted by Gasteiger charge is 2.32. The third-order valence-electron chi connectivity index (χ3n) is 4.94.